The van der Waals surface area contributed by atoms with Crippen molar-refractivity contribution >= 4 is 51.1 Å². The van der Waals surface area contributed by atoms with E-state index < -0.39 is 5.97 Å². The Labute approximate surface area is 194 Å². The Kier molecular flexibility index (Phi) is 7.75. The number of esters is 1. The molecule has 0 fully saturated rings. The van der Waals surface area contributed by atoms with Crippen LogP contribution >= 0.6 is 28.1 Å². The van der Waals surface area contributed by atoms with Gasteiger partial charge in [0.2, 0.25) is 0 Å². The molecule has 158 valence electrons. The van der Waals surface area contributed by atoms with Crippen molar-refractivity contribution in [1.82, 2.24) is 5.43 Å². The van der Waals surface area contributed by atoms with E-state index in [1.807, 2.05) is 43.3 Å². The lowest BCUT2D eigenvalue weighted by molar-refractivity contribution is 0.0734. The number of benzene rings is 3. The summed E-state index contributed by atoms with van der Waals surface area (Å²) in [5.41, 5.74) is 5.61. The summed E-state index contributed by atoms with van der Waals surface area (Å²) >= 11 is 8.68. The quantitative estimate of drug-likeness (QED) is 0.158. The molecule has 0 saturated carbocycles. The summed E-state index contributed by atoms with van der Waals surface area (Å²) in [5.74, 6) is 0.699. The van der Waals surface area contributed by atoms with Gasteiger partial charge < -0.3 is 14.8 Å². The Hall–Kier alpha value is -3.23. The largest absolute Gasteiger partial charge is 0.497 e. The van der Waals surface area contributed by atoms with Crippen LogP contribution in [0.4, 0.5) is 5.69 Å². The molecule has 0 aliphatic heterocycles. The zero-order chi connectivity index (χ0) is 22.2. The third kappa shape index (κ3) is 6.63. The molecule has 0 amide bonds. The molecule has 0 aliphatic rings. The van der Waals surface area contributed by atoms with Crippen LogP contribution in [0.3, 0.4) is 0 Å². The van der Waals surface area contributed by atoms with Gasteiger partial charge >= 0.3 is 5.97 Å². The van der Waals surface area contributed by atoms with E-state index in [4.69, 9.17) is 21.7 Å². The predicted molar refractivity (Wildman–Crippen MR) is 130 cm³/mol. The smallest absolute Gasteiger partial charge is 0.343 e. The molecule has 0 aliphatic carbocycles. The second kappa shape index (κ2) is 10.7. The van der Waals surface area contributed by atoms with Crippen molar-refractivity contribution in [2.45, 2.75) is 6.92 Å². The van der Waals surface area contributed by atoms with Crippen molar-refractivity contribution in [2.75, 3.05) is 12.4 Å². The maximum atomic E-state index is 12.5. The number of nitrogens with zero attached hydrogens (tertiary/aromatic N) is 1. The molecule has 0 spiro atoms. The summed E-state index contributed by atoms with van der Waals surface area (Å²) in [6, 6.07) is 19.8. The van der Waals surface area contributed by atoms with Crippen molar-refractivity contribution in [3.63, 3.8) is 0 Å². The number of thiocarbonyl (C=S) groups is 1. The van der Waals surface area contributed by atoms with E-state index in [-0.39, 0.29) is 0 Å². The lowest BCUT2D eigenvalue weighted by Gasteiger charge is -2.09. The summed E-state index contributed by atoms with van der Waals surface area (Å²) < 4.78 is 11.5. The average molecular weight is 498 g/mol. The Morgan fingerprint density at radius 3 is 2.58 bits per heavy atom. The molecule has 3 aromatic rings. The monoisotopic (exact) mass is 497 g/mol. The van der Waals surface area contributed by atoms with Crippen LogP contribution in [0.1, 0.15) is 21.5 Å². The molecule has 0 aromatic heterocycles. The van der Waals surface area contributed by atoms with Gasteiger partial charge in [0.25, 0.3) is 0 Å². The van der Waals surface area contributed by atoms with Crippen molar-refractivity contribution in [2.24, 2.45) is 5.10 Å². The normalized spacial score (nSPS) is 10.5. The molecular weight excluding hydrogens is 478 g/mol. The first-order valence-corrected chi connectivity index (χ1v) is 10.5. The Balaban J connectivity index is 1.66. The second-order valence-electron chi connectivity index (χ2n) is 6.49. The fourth-order valence-corrected chi connectivity index (χ4v) is 3.19. The predicted octanol–water partition coefficient (Wildman–Crippen LogP) is 5.31. The van der Waals surface area contributed by atoms with Crippen molar-refractivity contribution in [3.05, 3.63) is 87.9 Å². The minimum Gasteiger partial charge on any atom is -0.497 e. The van der Waals surface area contributed by atoms with Crippen LogP contribution in [0.5, 0.6) is 11.5 Å². The van der Waals surface area contributed by atoms with E-state index in [0.29, 0.717) is 22.0 Å². The van der Waals surface area contributed by atoms with Crippen LogP contribution in [0.2, 0.25) is 0 Å². The molecule has 0 unspecified atom stereocenters. The van der Waals surface area contributed by atoms with Gasteiger partial charge in [-0.25, -0.2) is 4.79 Å². The molecule has 0 heterocycles. The number of anilines is 1. The van der Waals surface area contributed by atoms with E-state index in [1.54, 1.807) is 37.4 Å². The maximum Gasteiger partial charge on any atom is 0.343 e. The fraction of sp³-hybridized carbons (Fsp3) is 0.0870. The van der Waals surface area contributed by atoms with Gasteiger partial charge in [-0.1, -0.05) is 33.6 Å². The number of methoxy groups -OCH3 is 1. The summed E-state index contributed by atoms with van der Waals surface area (Å²) in [6.45, 7) is 1.92. The number of hydrogen-bond acceptors (Lipinski definition) is 5. The zero-order valence-corrected chi connectivity index (χ0v) is 19.3. The first-order chi connectivity index (χ1) is 14.9. The first-order valence-electron chi connectivity index (χ1n) is 9.27. The lowest BCUT2D eigenvalue weighted by Crippen LogP contribution is -2.23. The van der Waals surface area contributed by atoms with Gasteiger partial charge in [0.15, 0.2) is 5.11 Å². The highest BCUT2D eigenvalue weighted by atomic mass is 79.9. The van der Waals surface area contributed by atoms with Crippen LogP contribution in [0, 0.1) is 6.92 Å². The number of hydrazone groups is 1. The second-order valence-corrected chi connectivity index (χ2v) is 7.82. The van der Waals surface area contributed by atoms with E-state index in [9.17, 15) is 4.79 Å². The van der Waals surface area contributed by atoms with Gasteiger partial charge in [0.05, 0.1) is 18.9 Å². The third-order valence-corrected chi connectivity index (χ3v) is 4.83. The lowest BCUT2D eigenvalue weighted by atomic mass is 10.1. The summed E-state index contributed by atoms with van der Waals surface area (Å²) in [7, 11) is 1.61. The topological polar surface area (TPSA) is 71.9 Å². The third-order valence-electron chi connectivity index (χ3n) is 4.15. The van der Waals surface area contributed by atoms with Gasteiger partial charge in [0, 0.05) is 15.7 Å². The minimum absolute atomic E-state index is 0.315. The van der Waals surface area contributed by atoms with E-state index in [0.717, 1.165) is 21.5 Å². The van der Waals surface area contributed by atoms with Gasteiger partial charge in [-0.15, -0.1) is 0 Å². The number of rotatable bonds is 6. The SMILES string of the molecule is COc1ccc(NC(=S)N/N=C/c2cc(Br)ccc2OC(=O)c2cccc(C)c2)cc1. The van der Waals surface area contributed by atoms with Gasteiger partial charge in [-0.05, 0) is 73.7 Å². The molecule has 0 saturated heterocycles. The molecule has 3 rings (SSSR count). The van der Waals surface area contributed by atoms with Crippen LogP contribution in [-0.4, -0.2) is 24.4 Å². The average Bonchev–Trinajstić information content (AvgIpc) is 2.76. The van der Waals surface area contributed by atoms with Crippen LogP contribution in [0.15, 0.2) is 76.3 Å². The molecular formula is C23H20BrN3O3S. The van der Waals surface area contributed by atoms with Crippen LogP contribution < -0.4 is 20.2 Å². The number of aryl methyl sites for hydroxylation is 1. The number of nitrogens with one attached hydrogen (secondary N) is 2. The number of ether oxygens (including phenoxy) is 2. The molecule has 0 atom stereocenters. The van der Waals surface area contributed by atoms with Crippen molar-refractivity contribution in [1.29, 1.82) is 0 Å². The Morgan fingerprint density at radius 2 is 1.87 bits per heavy atom. The standard InChI is InChI=1S/C23H20BrN3O3S/c1-15-4-3-5-16(12-15)22(28)30-21-11-6-18(24)13-17(21)14-25-27-23(31)26-19-7-9-20(29-2)10-8-19/h3-14H,1-2H3,(H2,26,27,31)/b25-14+. The first kappa shape index (κ1) is 22.5. The Morgan fingerprint density at radius 1 is 1.10 bits per heavy atom. The van der Waals surface area contributed by atoms with Gasteiger partial charge in [-0.3, -0.25) is 5.43 Å². The highest BCUT2D eigenvalue weighted by Crippen LogP contribution is 2.23. The van der Waals surface area contributed by atoms with Gasteiger partial charge in [-0.2, -0.15) is 5.10 Å². The molecule has 0 bridgehead atoms. The Bertz CT molecular complexity index is 1120. The molecule has 0 radical (unpaired) electrons. The highest BCUT2D eigenvalue weighted by molar-refractivity contribution is 9.10. The number of hydrogen-bond donors (Lipinski definition) is 2. The molecule has 31 heavy (non-hydrogen) atoms. The van der Waals surface area contributed by atoms with Crippen LogP contribution in [0.25, 0.3) is 0 Å². The number of halogens is 1. The molecule has 6 nitrogen and oxygen atoms in total. The zero-order valence-electron chi connectivity index (χ0n) is 16.9. The number of carbonyl (C=O) groups is 1. The van der Waals surface area contributed by atoms with E-state index in [1.165, 1.54) is 6.21 Å². The number of carbonyl (C=O) groups excluding carboxylic acids is 1. The van der Waals surface area contributed by atoms with Crippen molar-refractivity contribution < 1.29 is 14.3 Å². The van der Waals surface area contributed by atoms with Crippen molar-refractivity contribution in [3.8, 4) is 11.5 Å². The van der Waals surface area contributed by atoms with Gasteiger partial charge in [0.1, 0.15) is 11.5 Å². The van der Waals surface area contributed by atoms with E-state index in [2.05, 4.69) is 31.8 Å². The maximum absolute atomic E-state index is 12.5. The van der Waals surface area contributed by atoms with E-state index >= 15 is 0 Å². The molecule has 8 heteroatoms. The summed E-state index contributed by atoms with van der Waals surface area (Å²) in [5, 5.41) is 7.49. The highest BCUT2D eigenvalue weighted by Gasteiger charge is 2.12. The molecule has 3 aromatic carbocycles. The van der Waals surface area contributed by atoms with Crippen LogP contribution in [-0.2, 0) is 0 Å². The minimum atomic E-state index is -0.440. The fourth-order valence-electron chi connectivity index (χ4n) is 2.64. The summed E-state index contributed by atoms with van der Waals surface area (Å²) in [4.78, 5) is 12.5. The summed E-state index contributed by atoms with van der Waals surface area (Å²) in [6.07, 6.45) is 1.53. The molecule has 2 N–H and O–H groups in total.